The molecule has 3 heteroatoms. The molecule has 0 aromatic heterocycles. The zero-order chi connectivity index (χ0) is 23.7. The maximum absolute atomic E-state index is 5.42. The Hall–Kier alpha value is -4.13. The topological polar surface area (TPSA) is 18.5 Å². The second-order valence-electron chi connectivity index (χ2n) is 7.97. The highest BCUT2D eigenvalue weighted by molar-refractivity contribution is 7.27. The SMILES string of the molecule is c1ccc(OPOc2ccccc2)cc1.c1ccc2c(-c3cccc4ccccc34)cccc2c1. The van der Waals surface area contributed by atoms with E-state index in [-0.39, 0.29) is 9.03 Å². The Labute approximate surface area is 207 Å². The van der Waals surface area contributed by atoms with Crippen LogP contribution < -0.4 is 9.05 Å². The average Bonchev–Trinajstić information content (AvgIpc) is 2.94. The molecule has 6 rings (SSSR count). The Morgan fingerprint density at radius 3 is 1.17 bits per heavy atom. The normalized spacial score (nSPS) is 10.4. The largest absolute Gasteiger partial charge is 0.441 e. The van der Waals surface area contributed by atoms with Gasteiger partial charge in [0.2, 0.25) is 0 Å². The first-order valence-electron chi connectivity index (χ1n) is 11.5. The van der Waals surface area contributed by atoms with Crippen LogP contribution in [0.2, 0.25) is 0 Å². The average molecular weight is 473 g/mol. The highest BCUT2D eigenvalue weighted by Crippen LogP contribution is 2.33. The maximum atomic E-state index is 5.42. The molecular weight excluding hydrogens is 447 g/mol. The van der Waals surface area contributed by atoms with Gasteiger partial charge in [-0.2, -0.15) is 0 Å². The number of hydrogen-bond acceptors (Lipinski definition) is 2. The van der Waals surface area contributed by atoms with E-state index in [1.165, 1.54) is 32.7 Å². The number of benzene rings is 6. The molecule has 0 aliphatic carbocycles. The fourth-order valence-electron chi connectivity index (χ4n) is 4.01. The first-order valence-corrected chi connectivity index (χ1v) is 12.3. The smallest absolute Gasteiger partial charge is 0.275 e. The van der Waals surface area contributed by atoms with Crippen LogP contribution in [0.4, 0.5) is 0 Å². The molecule has 0 bridgehead atoms. The lowest BCUT2D eigenvalue weighted by Gasteiger charge is -2.10. The molecule has 170 valence electrons. The minimum absolute atomic E-state index is 0.0129. The maximum Gasteiger partial charge on any atom is 0.275 e. The first kappa shape index (κ1) is 22.7. The molecule has 0 fully saturated rings. The number of hydrogen-bond donors (Lipinski definition) is 0. The molecule has 0 heterocycles. The van der Waals surface area contributed by atoms with E-state index in [1.807, 2.05) is 60.7 Å². The Morgan fingerprint density at radius 2 is 0.714 bits per heavy atom. The second-order valence-corrected chi connectivity index (χ2v) is 8.54. The first-order chi connectivity index (χ1) is 17.4. The monoisotopic (exact) mass is 472 g/mol. The molecule has 6 aromatic rings. The van der Waals surface area contributed by atoms with Gasteiger partial charge in [-0.1, -0.05) is 121 Å². The van der Waals surface area contributed by atoms with Crippen LogP contribution in [0.25, 0.3) is 32.7 Å². The Balaban J connectivity index is 0.000000152. The molecule has 0 atom stereocenters. The zero-order valence-electron chi connectivity index (χ0n) is 19.2. The van der Waals surface area contributed by atoms with Crippen molar-refractivity contribution in [2.45, 2.75) is 0 Å². The summed E-state index contributed by atoms with van der Waals surface area (Å²) < 4.78 is 10.8. The van der Waals surface area contributed by atoms with Crippen LogP contribution in [0.5, 0.6) is 11.5 Å². The van der Waals surface area contributed by atoms with Gasteiger partial charge in [-0.3, -0.25) is 0 Å². The van der Waals surface area contributed by atoms with Crippen molar-refractivity contribution in [3.63, 3.8) is 0 Å². The van der Waals surface area contributed by atoms with Crippen LogP contribution in [-0.4, -0.2) is 0 Å². The fraction of sp³-hybridized carbons (Fsp3) is 0. The second kappa shape index (κ2) is 11.3. The van der Waals surface area contributed by atoms with Crippen LogP contribution in [-0.2, 0) is 0 Å². The van der Waals surface area contributed by atoms with Crippen molar-refractivity contribution in [2.75, 3.05) is 0 Å². The van der Waals surface area contributed by atoms with Gasteiger partial charge in [0, 0.05) is 0 Å². The summed E-state index contributed by atoms with van der Waals surface area (Å²) in [6, 6.07) is 49.4. The summed E-state index contributed by atoms with van der Waals surface area (Å²) in [5.74, 6) is 1.65. The van der Waals surface area contributed by atoms with Gasteiger partial charge >= 0.3 is 0 Å². The van der Waals surface area contributed by atoms with E-state index in [9.17, 15) is 0 Å². The Kier molecular flexibility index (Phi) is 7.33. The predicted molar refractivity (Wildman–Crippen MR) is 149 cm³/mol. The standard InChI is InChI=1S/C20H14.C12H11O2P/c1-3-11-17-15(7-1)9-5-13-19(17)20-14-6-10-16-8-2-4-12-18(16)20;1-3-7-11(8-4-1)13-15-14-12-9-5-2-6-10-12/h1-14H;1-10,15H. The summed E-state index contributed by atoms with van der Waals surface area (Å²) in [5.41, 5.74) is 2.61. The van der Waals surface area contributed by atoms with Crippen LogP contribution in [0.15, 0.2) is 146 Å². The van der Waals surface area contributed by atoms with Gasteiger partial charge < -0.3 is 9.05 Å². The molecule has 35 heavy (non-hydrogen) atoms. The minimum atomic E-state index is -0.0129. The van der Waals surface area contributed by atoms with E-state index in [0.717, 1.165) is 11.5 Å². The van der Waals surface area contributed by atoms with Crippen molar-refractivity contribution in [3.05, 3.63) is 146 Å². The molecule has 0 unspecified atom stereocenters. The number of para-hydroxylation sites is 2. The molecule has 0 N–H and O–H groups in total. The highest BCUT2D eigenvalue weighted by Gasteiger charge is 2.06. The summed E-state index contributed by atoms with van der Waals surface area (Å²) in [5, 5.41) is 5.20. The molecule has 0 amide bonds. The summed E-state index contributed by atoms with van der Waals surface area (Å²) >= 11 is 0. The van der Waals surface area contributed by atoms with Gasteiger partial charge in [-0.05, 0) is 56.9 Å². The van der Waals surface area contributed by atoms with Crippen molar-refractivity contribution in [2.24, 2.45) is 0 Å². The Morgan fingerprint density at radius 1 is 0.343 bits per heavy atom. The van der Waals surface area contributed by atoms with Crippen LogP contribution in [0, 0.1) is 0 Å². The van der Waals surface area contributed by atoms with Crippen LogP contribution in [0.1, 0.15) is 0 Å². The van der Waals surface area contributed by atoms with Gasteiger partial charge in [0.25, 0.3) is 9.03 Å². The minimum Gasteiger partial charge on any atom is -0.441 e. The molecule has 2 nitrogen and oxygen atoms in total. The lowest BCUT2D eigenvalue weighted by molar-refractivity contribution is 0.516. The highest BCUT2D eigenvalue weighted by atomic mass is 31.1. The summed E-state index contributed by atoms with van der Waals surface area (Å²) in [4.78, 5) is 0. The van der Waals surface area contributed by atoms with Gasteiger partial charge in [0.15, 0.2) is 0 Å². The molecule has 6 aromatic carbocycles. The molecule has 0 spiro atoms. The van der Waals surface area contributed by atoms with E-state index in [2.05, 4.69) is 84.9 Å². The summed E-state index contributed by atoms with van der Waals surface area (Å²) in [7, 11) is -0.0129. The molecule has 0 radical (unpaired) electrons. The van der Waals surface area contributed by atoms with E-state index in [0.29, 0.717) is 0 Å². The van der Waals surface area contributed by atoms with Gasteiger partial charge in [0.05, 0.1) is 0 Å². The van der Waals surface area contributed by atoms with Gasteiger partial charge in [-0.25, -0.2) is 0 Å². The van der Waals surface area contributed by atoms with Crippen molar-refractivity contribution in [1.29, 1.82) is 0 Å². The number of fused-ring (bicyclic) bond motifs is 2. The lowest BCUT2D eigenvalue weighted by Crippen LogP contribution is -1.83. The fourth-order valence-corrected chi connectivity index (χ4v) is 4.52. The van der Waals surface area contributed by atoms with Crippen LogP contribution in [0.3, 0.4) is 0 Å². The van der Waals surface area contributed by atoms with Crippen molar-refractivity contribution in [1.82, 2.24) is 0 Å². The zero-order valence-corrected chi connectivity index (χ0v) is 20.2. The third-order valence-electron chi connectivity index (χ3n) is 5.67. The lowest BCUT2D eigenvalue weighted by atomic mass is 9.94. The van der Waals surface area contributed by atoms with E-state index in [1.54, 1.807) is 0 Å². The predicted octanol–water partition coefficient (Wildman–Crippen LogP) is 9.31. The van der Waals surface area contributed by atoms with E-state index >= 15 is 0 Å². The molecule has 0 aliphatic rings. The van der Waals surface area contributed by atoms with E-state index in [4.69, 9.17) is 9.05 Å². The van der Waals surface area contributed by atoms with Gasteiger partial charge in [-0.15, -0.1) is 0 Å². The Bertz CT molecular complexity index is 1390. The summed E-state index contributed by atoms with van der Waals surface area (Å²) in [6.07, 6.45) is 0. The third kappa shape index (κ3) is 5.69. The molecule has 0 saturated carbocycles. The van der Waals surface area contributed by atoms with E-state index < -0.39 is 0 Å². The van der Waals surface area contributed by atoms with Gasteiger partial charge in [0.1, 0.15) is 11.5 Å². The van der Waals surface area contributed by atoms with Crippen LogP contribution >= 0.6 is 9.03 Å². The quantitative estimate of drug-likeness (QED) is 0.233. The molecular formula is C32H25O2P. The number of rotatable bonds is 5. The molecule has 0 saturated heterocycles. The third-order valence-corrected chi connectivity index (χ3v) is 6.31. The summed E-state index contributed by atoms with van der Waals surface area (Å²) in [6.45, 7) is 0. The van der Waals surface area contributed by atoms with Crippen molar-refractivity contribution in [3.8, 4) is 22.6 Å². The molecule has 0 aliphatic heterocycles. The van der Waals surface area contributed by atoms with Crippen molar-refractivity contribution < 1.29 is 9.05 Å². The van der Waals surface area contributed by atoms with Crippen molar-refractivity contribution >= 4 is 30.6 Å².